The van der Waals surface area contributed by atoms with E-state index in [1.165, 1.54) is 23.5 Å². The van der Waals surface area contributed by atoms with Crippen LogP contribution >= 0.6 is 27.3 Å². The van der Waals surface area contributed by atoms with E-state index >= 15 is 0 Å². The number of aromatic hydroxyl groups is 1. The fraction of sp³-hybridized carbons (Fsp3) is 0.0870. The van der Waals surface area contributed by atoms with E-state index in [1.807, 2.05) is 36.4 Å². The average Bonchev–Trinajstić information content (AvgIpc) is 3.18. The molecule has 0 aliphatic carbocycles. The van der Waals surface area contributed by atoms with Crippen LogP contribution in [0.3, 0.4) is 0 Å². The zero-order valence-corrected chi connectivity index (χ0v) is 18.8. The fourth-order valence-corrected chi connectivity index (χ4v) is 4.13. The first-order chi connectivity index (χ1) is 14.9. The molecule has 3 rings (SSSR count). The topological polar surface area (TPSA) is 99.4 Å². The van der Waals surface area contributed by atoms with Gasteiger partial charge in [-0.2, -0.15) is 5.26 Å². The molecular formula is C23H17BrN2O4S. The summed E-state index contributed by atoms with van der Waals surface area (Å²) in [7, 11) is 0. The van der Waals surface area contributed by atoms with E-state index in [2.05, 4.69) is 21.2 Å². The van der Waals surface area contributed by atoms with Gasteiger partial charge in [0, 0.05) is 21.0 Å². The van der Waals surface area contributed by atoms with E-state index in [1.54, 1.807) is 24.4 Å². The van der Waals surface area contributed by atoms with Gasteiger partial charge in [-0.1, -0.05) is 46.3 Å². The van der Waals surface area contributed by atoms with Crippen molar-refractivity contribution in [3.05, 3.63) is 75.1 Å². The molecule has 0 aliphatic heterocycles. The Kier molecular flexibility index (Phi) is 7.23. The summed E-state index contributed by atoms with van der Waals surface area (Å²) in [4.78, 5) is 25.4. The minimum absolute atomic E-state index is 0.0709. The van der Waals surface area contributed by atoms with Gasteiger partial charge in [-0.25, -0.2) is 4.79 Å². The van der Waals surface area contributed by atoms with Gasteiger partial charge in [0.25, 0.3) is 5.91 Å². The molecule has 0 saturated carbocycles. The summed E-state index contributed by atoms with van der Waals surface area (Å²) in [6, 6.07) is 15.8. The maximum absolute atomic E-state index is 12.8. The number of phenolic OH excluding ortho intramolecular Hbond substituents is 1. The number of esters is 1. The van der Waals surface area contributed by atoms with Gasteiger partial charge in [0.1, 0.15) is 28.0 Å². The fourth-order valence-electron chi connectivity index (χ4n) is 2.80. The van der Waals surface area contributed by atoms with Crippen molar-refractivity contribution in [2.24, 2.45) is 0 Å². The minimum atomic E-state index is -0.700. The van der Waals surface area contributed by atoms with Gasteiger partial charge < -0.3 is 15.2 Å². The first-order valence-electron chi connectivity index (χ1n) is 9.20. The number of benzene rings is 2. The van der Waals surface area contributed by atoms with Crippen molar-refractivity contribution in [1.29, 1.82) is 5.26 Å². The second-order valence-corrected chi connectivity index (χ2v) is 8.06. The predicted molar refractivity (Wildman–Crippen MR) is 124 cm³/mol. The molecule has 3 aromatic rings. The lowest BCUT2D eigenvalue weighted by molar-refractivity contribution is -0.112. The summed E-state index contributed by atoms with van der Waals surface area (Å²) in [5, 5.41) is 24.1. The number of hydrogen-bond acceptors (Lipinski definition) is 6. The molecule has 0 fully saturated rings. The largest absolute Gasteiger partial charge is 0.507 e. The molecule has 1 aromatic heterocycles. The van der Waals surface area contributed by atoms with Gasteiger partial charge in [-0.15, -0.1) is 11.3 Å². The number of carbonyl (C=O) groups is 2. The summed E-state index contributed by atoms with van der Waals surface area (Å²) in [5.41, 5.74) is 1.75. The number of nitrogens with one attached hydrogen (secondary N) is 1. The zero-order valence-electron chi connectivity index (χ0n) is 16.4. The molecule has 0 radical (unpaired) electrons. The number of hydrogen-bond donors (Lipinski definition) is 2. The molecule has 0 saturated heterocycles. The second-order valence-electron chi connectivity index (χ2n) is 6.27. The third-order valence-electron chi connectivity index (χ3n) is 4.24. The van der Waals surface area contributed by atoms with Crippen LogP contribution in [0.15, 0.2) is 64.0 Å². The number of halogens is 1. The average molecular weight is 497 g/mol. The smallest absolute Gasteiger partial charge is 0.341 e. The first kappa shape index (κ1) is 22.3. The number of ether oxygens (including phenoxy) is 1. The third-order valence-corrected chi connectivity index (χ3v) is 5.63. The summed E-state index contributed by atoms with van der Waals surface area (Å²) >= 11 is 4.46. The molecule has 1 amide bonds. The van der Waals surface area contributed by atoms with Gasteiger partial charge in [-0.05, 0) is 36.8 Å². The molecule has 2 aromatic carbocycles. The van der Waals surface area contributed by atoms with Gasteiger partial charge in [0.05, 0.1) is 6.61 Å². The Labute approximate surface area is 191 Å². The standard InChI is InChI=1S/C23H17BrN2O4S/c1-2-30-23(29)20-18(14-6-4-3-5-7-14)13-31-22(20)26-21(28)16(12-25)10-15-11-17(24)8-9-19(15)27/h3-11,13,27H,2H2,1H3,(H,26,28). The molecule has 0 spiro atoms. The number of thiophene rings is 1. The molecule has 1 heterocycles. The monoisotopic (exact) mass is 496 g/mol. The predicted octanol–water partition coefficient (Wildman–Crippen LogP) is 5.61. The molecule has 0 bridgehead atoms. The summed E-state index contributed by atoms with van der Waals surface area (Å²) in [5.74, 6) is -1.34. The number of rotatable bonds is 6. The van der Waals surface area contributed by atoms with Crippen molar-refractivity contribution in [3.63, 3.8) is 0 Å². The first-order valence-corrected chi connectivity index (χ1v) is 10.9. The van der Waals surface area contributed by atoms with Crippen molar-refractivity contribution < 1.29 is 19.4 Å². The van der Waals surface area contributed by atoms with Crippen LogP contribution in [0.25, 0.3) is 17.2 Å². The molecule has 31 heavy (non-hydrogen) atoms. The highest BCUT2D eigenvalue weighted by atomic mass is 79.9. The quantitative estimate of drug-likeness (QED) is 0.262. The lowest BCUT2D eigenvalue weighted by Crippen LogP contribution is -2.16. The molecule has 8 heteroatoms. The summed E-state index contributed by atoms with van der Waals surface area (Å²) < 4.78 is 5.87. The zero-order chi connectivity index (χ0) is 22.4. The highest BCUT2D eigenvalue weighted by Crippen LogP contribution is 2.36. The Balaban J connectivity index is 1.97. The Morgan fingerprint density at radius 2 is 2.00 bits per heavy atom. The maximum Gasteiger partial charge on any atom is 0.341 e. The van der Waals surface area contributed by atoms with Crippen LogP contribution in [0, 0.1) is 11.3 Å². The van der Waals surface area contributed by atoms with Gasteiger partial charge in [0.15, 0.2) is 0 Å². The van der Waals surface area contributed by atoms with E-state index in [0.29, 0.717) is 15.6 Å². The van der Waals surface area contributed by atoms with Crippen LogP contribution < -0.4 is 5.32 Å². The normalized spacial score (nSPS) is 10.9. The highest BCUT2D eigenvalue weighted by molar-refractivity contribution is 9.10. The molecule has 2 N–H and O–H groups in total. The lowest BCUT2D eigenvalue weighted by atomic mass is 10.0. The number of anilines is 1. The second kappa shape index (κ2) is 10.1. The van der Waals surface area contributed by atoms with Crippen molar-refractivity contribution in [2.45, 2.75) is 6.92 Å². The molecule has 6 nitrogen and oxygen atoms in total. The van der Waals surface area contributed by atoms with E-state index in [-0.39, 0.29) is 28.5 Å². The van der Waals surface area contributed by atoms with E-state index < -0.39 is 11.9 Å². The lowest BCUT2D eigenvalue weighted by Gasteiger charge is -2.09. The number of nitriles is 1. The highest BCUT2D eigenvalue weighted by Gasteiger charge is 2.23. The number of amides is 1. The van der Waals surface area contributed by atoms with E-state index in [9.17, 15) is 20.0 Å². The third kappa shape index (κ3) is 5.20. The van der Waals surface area contributed by atoms with Crippen molar-refractivity contribution in [1.82, 2.24) is 0 Å². The van der Waals surface area contributed by atoms with Crippen LogP contribution in [0.4, 0.5) is 5.00 Å². The van der Waals surface area contributed by atoms with Crippen LogP contribution in [-0.4, -0.2) is 23.6 Å². The Bertz CT molecular complexity index is 1200. The molecule has 156 valence electrons. The van der Waals surface area contributed by atoms with E-state index in [4.69, 9.17) is 4.74 Å². The molecule has 0 aliphatic rings. The molecular weight excluding hydrogens is 480 g/mol. The summed E-state index contributed by atoms with van der Waals surface area (Å²) in [6.45, 7) is 1.88. The number of carbonyl (C=O) groups excluding carboxylic acids is 2. The SMILES string of the molecule is CCOC(=O)c1c(-c2ccccc2)csc1NC(=O)C(C#N)=Cc1cc(Br)ccc1O. The van der Waals surface area contributed by atoms with Crippen LogP contribution in [-0.2, 0) is 9.53 Å². The molecule has 0 atom stereocenters. The Morgan fingerprint density at radius 3 is 2.68 bits per heavy atom. The van der Waals surface area contributed by atoms with Crippen molar-refractivity contribution >= 4 is 50.2 Å². The van der Waals surface area contributed by atoms with Crippen molar-refractivity contribution in [3.8, 4) is 22.9 Å². The number of phenols is 1. The van der Waals surface area contributed by atoms with Crippen molar-refractivity contribution in [2.75, 3.05) is 11.9 Å². The Morgan fingerprint density at radius 1 is 1.26 bits per heavy atom. The van der Waals surface area contributed by atoms with Crippen LogP contribution in [0.2, 0.25) is 0 Å². The Hall–Kier alpha value is -3.41. The van der Waals surface area contributed by atoms with Crippen LogP contribution in [0.5, 0.6) is 5.75 Å². The van der Waals surface area contributed by atoms with Gasteiger partial charge in [0.2, 0.25) is 0 Å². The minimum Gasteiger partial charge on any atom is -0.507 e. The van der Waals surface area contributed by atoms with Gasteiger partial charge in [-0.3, -0.25) is 4.79 Å². The number of nitrogens with zero attached hydrogens (tertiary/aromatic N) is 1. The molecule has 0 unspecified atom stereocenters. The van der Waals surface area contributed by atoms with Crippen LogP contribution in [0.1, 0.15) is 22.8 Å². The summed E-state index contributed by atoms with van der Waals surface area (Å²) in [6.07, 6.45) is 1.28. The van der Waals surface area contributed by atoms with E-state index in [0.717, 1.165) is 5.56 Å². The maximum atomic E-state index is 12.8. The van der Waals surface area contributed by atoms with Gasteiger partial charge >= 0.3 is 5.97 Å².